The van der Waals surface area contributed by atoms with E-state index in [1.807, 2.05) is 36.4 Å². The third-order valence-corrected chi connectivity index (χ3v) is 3.85. The van der Waals surface area contributed by atoms with Gasteiger partial charge in [0.25, 0.3) is 0 Å². The Morgan fingerprint density at radius 2 is 1.85 bits per heavy atom. The zero-order valence-corrected chi connectivity index (χ0v) is 12.1. The molecule has 0 spiro atoms. The minimum Gasteiger partial charge on any atom is -0.320 e. The fourth-order valence-corrected chi connectivity index (χ4v) is 2.74. The predicted octanol–water partition coefficient (Wildman–Crippen LogP) is 4.59. The molecule has 1 aromatic heterocycles. The number of hydrogen-bond donors (Lipinski definition) is 1. The number of nitrogens with two attached hydrogens (primary N) is 1. The summed E-state index contributed by atoms with van der Waals surface area (Å²) in [6.45, 7) is 0. The monoisotopic (exact) mass is 302 g/mol. The maximum absolute atomic E-state index is 6.30. The second-order valence-electron chi connectivity index (χ2n) is 4.60. The molecule has 0 aliphatic rings. The normalized spacial score (nSPS) is 12.6. The number of rotatable bonds is 2. The minimum absolute atomic E-state index is 0.300. The Balaban J connectivity index is 2.05. The molecule has 0 amide bonds. The van der Waals surface area contributed by atoms with Crippen LogP contribution in [0.25, 0.3) is 10.9 Å². The smallest absolute Gasteiger partial charge is 0.0705 e. The quantitative estimate of drug-likeness (QED) is 0.752. The number of halogens is 2. The SMILES string of the molecule is NC(c1ccc2cccnc2c1)c1ccc(Cl)cc1Cl. The first-order valence-electron chi connectivity index (χ1n) is 6.20. The van der Waals surface area contributed by atoms with Crippen LogP contribution in [0.2, 0.25) is 10.0 Å². The van der Waals surface area contributed by atoms with E-state index >= 15 is 0 Å². The van der Waals surface area contributed by atoms with Crippen molar-refractivity contribution in [3.8, 4) is 0 Å². The Kier molecular flexibility index (Phi) is 3.62. The van der Waals surface area contributed by atoms with Gasteiger partial charge < -0.3 is 5.73 Å². The fraction of sp³-hybridized carbons (Fsp3) is 0.0625. The zero-order valence-electron chi connectivity index (χ0n) is 10.6. The summed E-state index contributed by atoms with van der Waals surface area (Å²) < 4.78 is 0. The van der Waals surface area contributed by atoms with Gasteiger partial charge in [0.2, 0.25) is 0 Å². The molecule has 1 heterocycles. The Morgan fingerprint density at radius 1 is 1.00 bits per heavy atom. The first-order valence-corrected chi connectivity index (χ1v) is 6.96. The number of aromatic nitrogens is 1. The van der Waals surface area contributed by atoms with Gasteiger partial charge in [-0.25, -0.2) is 0 Å². The molecule has 0 bridgehead atoms. The van der Waals surface area contributed by atoms with Gasteiger partial charge in [0, 0.05) is 21.6 Å². The van der Waals surface area contributed by atoms with Crippen molar-refractivity contribution in [1.29, 1.82) is 0 Å². The van der Waals surface area contributed by atoms with E-state index in [0.29, 0.717) is 10.0 Å². The molecule has 3 rings (SSSR count). The topological polar surface area (TPSA) is 38.9 Å². The van der Waals surface area contributed by atoms with Crippen molar-refractivity contribution >= 4 is 34.1 Å². The lowest BCUT2D eigenvalue weighted by atomic mass is 9.98. The highest BCUT2D eigenvalue weighted by molar-refractivity contribution is 6.35. The van der Waals surface area contributed by atoms with Crippen LogP contribution in [0.1, 0.15) is 17.2 Å². The second-order valence-corrected chi connectivity index (χ2v) is 5.44. The van der Waals surface area contributed by atoms with Crippen LogP contribution in [0, 0.1) is 0 Å². The number of hydrogen-bond acceptors (Lipinski definition) is 2. The van der Waals surface area contributed by atoms with Crippen LogP contribution in [-0.4, -0.2) is 4.98 Å². The Bertz CT molecular complexity index is 771. The lowest BCUT2D eigenvalue weighted by Crippen LogP contribution is -2.12. The van der Waals surface area contributed by atoms with Crippen LogP contribution in [0.5, 0.6) is 0 Å². The molecule has 2 N–H and O–H groups in total. The van der Waals surface area contributed by atoms with E-state index in [2.05, 4.69) is 4.98 Å². The third-order valence-electron chi connectivity index (χ3n) is 3.29. The van der Waals surface area contributed by atoms with E-state index in [0.717, 1.165) is 22.0 Å². The van der Waals surface area contributed by atoms with Gasteiger partial charge in [-0.3, -0.25) is 4.98 Å². The van der Waals surface area contributed by atoms with Crippen molar-refractivity contribution in [2.24, 2.45) is 5.73 Å². The van der Waals surface area contributed by atoms with Crippen molar-refractivity contribution < 1.29 is 0 Å². The molecule has 0 fully saturated rings. The van der Waals surface area contributed by atoms with Gasteiger partial charge in [0.15, 0.2) is 0 Å². The van der Waals surface area contributed by atoms with Gasteiger partial charge in [-0.05, 0) is 35.4 Å². The molecule has 0 aliphatic carbocycles. The Morgan fingerprint density at radius 3 is 2.65 bits per heavy atom. The lowest BCUT2D eigenvalue weighted by molar-refractivity contribution is 0.873. The zero-order chi connectivity index (χ0) is 14.1. The number of fused-ring (bicyclic) bond motifs is 1. The summed E-state index contributed by atoms with van der Waals surface area (Å²) in [6.07, 6.45) is 1.77. The highest BCUT2D eigenvalue weighted by atomic mass is 35.5. The van der Waals surface area contributed by atoms with Crippen molar-refractivity contribution in [1.82, 2.24) is 4.98 Å². The number of nitrogens with zero attached hydrogens (tertiary/aromatic N) is 1. The molecule has 1 unspecified atom stereocenters. The highest BCUT2D eigenvalue weighted by Crippen LogP contribution is 2.29. The molecule has 0 saturated carbocycles. The summed E-state index contributed by atoms with van der Waals surface area (Å²) in [5.74, 6) is 0. The molecule has 3 aromatic rings. The maximum atomic E-state index is 6.30. The summed E-state index contributed by atoms with van der Waals surface area (Å²) in [7, 11) is 0. The van der Waals surface area contributed by atoms with Crippen LogP contribution >= 0.6 is 23.2 Å². The van der Waals surface area contributed by atoms with Gasteiger partial charge >= 0.3 is 0 Å². The highest BCUT2D eigenvalue weighted by Gasteiger charge is 2.13. The molecule has 2 aromatic carbocycles. The van der Waals surface area contributed by atoms with Crippen molar-refractivity contribution in [2.45, 2.75) is 6.04 Å². The summed E-state index contributed by atoms with van der Waals surface area (Å²) >= 11 is 12.1. The third kappa shape index (κ3) is 2.50. The van der Waals surface area contributed by atoms with E-state index in [9.17, 15) is 0 Å². The molecule has 2 nitrogen and oxygen atoms in total. The van der Waals surface area contributed by atoms with Crippen molar-refractivity contribution in [2.75, 3.05) is 0 Å². The molecular weight excluding hydrogens is 291 g/mol. The van der Waals surface area contributed by atoms with E-state index in [1.165, 1.54) is 0 Å². The number of pyridine rings is 1. The average molecular weight is 303 g/mol. The van der Waals surface area contributed by atoms with E-state index in [-0.39, 0.29) is 6.04 Å². The molecule has 1 atom stereocenters. The van der Waals surface area contributed by atoms with Crippen molar-refractivity contribution in [3.05, 3.63) is 75.9 Å². The second kappa shape index (κ2) is 5.41. The fourth-order valence-electron chi connectivity index (χ4n) is 2.21. The standard InChI is InChI=1S/C16H12Cl2N2/c17-12-5-6-13(14(18)9-12)16(19)11-4-3-10-2-1-7-20-15(10)8-11/h1-9,16H,19H2. The molecule has 0 saturated heterocycles. The van der Waals surface area contributed by atoms with Crippen LogP contribution in [0.4, 0.5) is 0 Å². The molecule has 0 aliphatic heterocycles. The summed E-state index contributed by atoms with van der Waals surface area (Å²) in [4.78, 5) is 4.34. The first-order chi connectivity index (χ1) is 9.65. The van der Waals surface area contributed by atoms with Gasteiger partial charge in [-0.1, -0.05) is 47.5 Å². The Hall–Kier alpha value is -1.61. The Labute approximate surface area is 127 Å². The van der Waals surface area contributed by atoms with Gasteiger partial charge in [-0.2, -0.15) is 0 Å². The van der Waals surface area contributed by atoms with Crippen molar-refractivity contribution in [3.63, 3.8) is 0 Å². The number of benzene rings is 2. The van der Waals surface area contributed by atoms with E-state index < -0.39 is 0 Å². The lowest BCUT2D eigenvalue weighted by Gasteiger charge is -2.15. The van der Waals surface area contributed by atoms with Crippen LogP contribution < -0.4 is 5.73 Å². The van der Waals surface area contributed by atoms with Gasteiger partial charge in [0.1, 0.15) is 0 Å². The summed E-state index contributed by atoms with van der Waals surface area (Å²) in [5.41, 5.74) is 9.05. The average Bonchev–Trinajstić information content (AvgIpc) is 2.46. The van der Waals surface area contributed by atoms with E-state index in [4.69, 9.17) is 28.9 Å². The summed E-state index contributed by atoms with van der Waals surface area (Å²) in [6, 6.07) is 15.0. The molecular formula is C16H12Cl2N2. The predicted molar refractivity (Wildman–Crippen MR) is 84.2 cm³/mol. The van der Waals surface area contributed by atoms with Crippen LogP contribution in [0.15, 0.2) is 54.7 Å². The van der Waals surface area contributed by atoms with E-state index in [1.54, 1.807) is 18.3 Å². The molecule has 20 heavy (non-hydrogen) atoms. The largest absolute Gasteiger partial charge is 0.320 e. The van der Waals surface area contributed by atoms with Gasteiger partial charge in [-0.15, -0.1) is 0 Å². The van der Waals surface area contributed by atoms with Crippen LogP contribution in [-0.2, 0) is 0 Å². The minimum atomic E-state index is -0.300. The molecule has 4 heteroatoms. The molecule has 0 radical (unpaired) electrons. The van der Waals surface area contributed by atoms with Gasteiger partial charge in [0.05, 0.1) is 11.6 Å². The first kappa shape index (κ1) is 13.4. The molecule has 100 valence electrons. The summed E-state index contributed by atoms with van der Waals surface area (Å²) in [5, 5.41) is 2.27. The maximum Gasteiger partial charge on any atom is 0.0705 e. The van der Waals surface area contributed by atoms with Crippen LogP contribution in [0.3, 0.4) is 0 Å².